The number of esters is 1. The minimum absolute atomic E-state index is 0.116. The smallest absolute Gasteiger partial charge is 0.459 e. The van der Waals surface area contributed by atoms with Crippen molar-refractivity contribution in [3.63, 3.8) is 0 Å². The van der Waals surface area contributed by atoms with E-state index in [0.717, 1.165) is 4.57 Å². The standard InChI is InChI=1S/C23H31N4O8PS/c1-6-23(17(5)28,34-22(30)27-13-12-19(24)25-21(27)37)14-32-36(31,35-18-10-8-7-9-11-18)26-16(4)20(29)33-15(2)3/h1,7-13,15-17,22,28,30H,14H2,2-5H3,(H,26,31)(H2,24,25,37)/t16-,17+,22-,23+,36?/m0/s1. The van der Waals surface area contributed by atoms with Crippen LogP contribution in [0.3, 0.4) is 0 Å². The maximum atomic E-state index is 13.7. The number of nitrogens with one attached hydrogen (secondary N) is 1. The lowest BCUT2D eigenvalue weighted by molar-refractivity contribution is -0.239. The van der Waals surface area contributed by atoms with Crippen LogP contribution in [-0.2, 0) is 23.4 Å². The molecule has 5 N–H and O–H groups in total. The van der Waals surface area contributed by atoms with Crippen molar-refractivity contribution in [2.75, 3.05) is 12.3 Å². The number of carbonyl (C=O) groups is 1. The SMILES string of the molecule is C#C[C@](COP(=O)(N[C@@H](C)C(=O)OC(C)C)Oc1ccccc1)(O[C@H](O)n1ccc(N)nc1=S)[C@@H](C)O. The molecule has 1 unspecified atom stereocenters. The summed E-state index contributed by atoms with van der Waals surface area (Å²) in [6.45, 7) is 5.29. The summed E-state index contributed by atoms with van der Waals surface area (Å²) < 4.78 is 36.5. The first-order valence-electron chi connectivity index (χ1n) is 11.1. The maximum Gasteiger partial charge on any atom is 0.459 e. The zero-order valence-corrected chi connectivity index (χ0v) is 22.5. The lowest BCUT2D eigenvalue weighted by Gasteiger charge is -2.34. The number of nitrogens with two attached hydrogens (primary N) is 1. The van der Waals surface area contributed by atoms with Crippen LogP contribution < -0.4 is 15.3 Å². The van der Waals surface area contributed by atoms with Gasteiger partial charge in [-0.2, -0.15) is 5.09 Å². The van der Waals surface area contributed by atoms with Crippen molar-refractivity contribution in [3.05, 3.63) is 47.4 Å². The van der Waals surface area contributed by atoms with Crippen molar-refractivity contribution in [3.8, 4) is 18.1 Å². The molecule has 2 rings (SSSR count). The normalized spacial score (nSPS) is 17.0. The minimum Gasteiger partial charge on any atom is -0.462 e. The zero-order chi connectivity index (χ0) is 27.8. The van der Waals surface area contributed by atoms with Crippen molar-refractivity contribution in [1.82, 2.24) is 14.6 Å². The van der Waals surface area contributed by atoms with E-state index < -0.39 is 50.6 Å². The summed E-state index contributed by atoms with van der Waals surface area (Å²) in [7, 11) is -4.35. The Bertz CT molecular complexity index is 1200. The molecule has 0 amide bonds. The number of aromatic nitrogens is 2. The quantitative estimate of drug-likeness (QED) is 0.0940. The van der Waals surface area contributed by atoms with Crippen molar-refractivity contribution in [2.24, 2.45) is 0 Å². The molecule has 0 aliphatic heterocycles. The third-order valence-corrected chi connectivity index (χ3v) is 6.73. The van der Waals surface area contributed by atoms with Gasteiger partial charge in [0.15, 0.2) is 5.60 Å². The van der Waals surface area contributed by atoms with Gasteiger partial charge in [-0.15, -0.1) is 6.42 Å². The number of carbonyl (C=O) groups excluding carboxylic acids is 1. The Balaban J connectivity index is 2.33. The predicted octanol–water partition coefficient (Wildman–Crippen LogP) is 2.55. The van der Waals surface area contributed by atoms with E-state index in [1.165, 1.54) is 38.2 Å². The molecular weight excluding hydrogens is 523 g/mol. The Labute approximate surface area is 220 Å². The molecule has 0 spiro atoms. The molecule has 14 heteroatoms. The number of benzene rings is 1. The summed E-state index contributed by atoms with van der Waals surface area (Å²) >= 11 is 5.07. The lowest BCUT2D eigenvalue weighted by atomic mass is 10.00. The van der Waals surface area contributed by atoms with Gasteiger partial charge in [0.1, 0.15) is 24.2 Å². The maximum absolute atomic E-state index is 13.7. The summed E-state index contributed by atoms with van der Waals surface area (Å²) in [5.41, 5.74) is 3.54. The van der Waals surface area contributed by atoms with Crippen LogP contribution in [0.2, 0.25) is 0 Å². The highest BCUT2D eigenvalue weighted by Crippen LogP contribution is 2.46. The second kappa shape index (κ2) is 13.1. The molecule has 12 nitrogen and oxygen atoms in total. The fourth-order valence-electron chi connectivity index (χ4n) is 2.80. The number of aliphatic hydroxyl groups excluding tert-OH is 2. The molecule has 0 fully saturated rings. The average molecular weight is 555 g/mol. The van der Waals surface area contributed by atoms with Gasteiger partial charge in [-0.05, 0) is 58.1 Å². The van der Waals surface area contributed by atoms with E-state index >= 15 is 0 Å². The molecule has 1 aromatic heterocycles. The number of nitrogens with zero attached hydrogens (tertiary/aromatic N) is 2. The van der Waals surface area contributed by atoms with Crippen LogP contribution in [0.4, 0.5) is 5.82 Å². The van der Waals surface area contributed by atoms with Crippen LogP contribution in [0.5, 0.6) is 5.75 Å². The van der Waals surface area contributed by atoms with Crippen LogP contribution in [0, 0.1) is 17.1 Å². The van der Waals surface area contributed by atoms with Crippen LogP contribution in [0.25, 0.3) is 0 Å². The summed E-state index contributed by atoms with van der Waals surface area (Å²) in [6, 6.07) is 8.29. The second-order valence-corrected chi connectivity index (χ2v) is 10.3. The van der Waals surface area contributed by atoms with E-state index in [9.17, 15) is 19.6 Å². The number of rotatable bonds is 13. The summed E-state index contributed by atoms with van der Waals surface area (Å²) in [5, 5.41) is 23.6. The zero-order valence-electron chi connectivity index (χ0n) is 20.8. The van der Waals surface area contributed by atoms with Gasteiger partial charge >= 0.3 is 13.7 Å². The Morgan fingerprint density at radius 3 is 2.46 bits per heavy atom. The number of hydrogen-bond donors (Lipinski definition) is 4. The third-order valence-electron chi connectivity index (χ3n) is 4.80. The fraction of sp³-hybridized carbons (Fsp3) is 0.435. The van der Waals surface area contributed by atoms with Gasteiger partial charge in [-0.3, -0.25) is 13.9 Å². The van der Waals surface area contributed by atoms with E-state index in [-0.39, 0.29) is 16.3 Å². The second-order valence-electron chi connectivity index (χ2n) is 8.21. The molecule has 0 saturated heterocycles. The molecular formula is C23H31N4O8PS. The summed E-state index contributed by atoms with van der Waals surface area (Å²) in [4.78, 5) is 16.2. The Morgan fingerprint density at radius 2 is 1.92 bits per heavy atom. The van der Waals surface area contributed by atoms with Crippen molar-refractivity contribution in [2.45, 2.75) is 58.0 Å². The molecule has 0 radical (unpaired) electrons. The van der Waals surface area contributed by atoms with Crippen molar-refractivity contribution in [1.29, 1.82) is 0 Å². The van der Waals surface area contributed by atoms with Crippen LogP contribution in [0.1, 0.15) is 34.1 Å². The molecule has 1 aromatic carbocycles. The van der Waals surface area contributed by atoms with Gasteiger partial charge in [0.25, 0.3) is 0 Å². The summed E-state index contributed by atoms with van der Waals surface area (Å²) in [6.07, 6.45) is 3.29. The monoisotopic (exact) mass is 554 g/mol. The largest absolute Gasteiger partial charge is 0.462 e. The van der Waals surface area contributed by atoms with Gasteiger partial charge in [-0.25, -0.2) is 9.55 Å². The number of terminal acetylenes is 1. The van der Waals surface area contributed by atoms with E-state index in [1.54, 1.807) is 32.0 Å². The van der Waals surface area contributed by atoms with E-state index in [0.29, 0.717) is 0 Å². The molecule has 0 aliphatic carbocycles. The van der Waals surface area contributed by atoms with Gasteiger partial charge in [0.2, 0.25) is 11.2 Å². The van der Waals surface area contributed by atoms with Crippen molar-refractivity contribution < 1.29 is 38.1 Å². The molecule has 2 aromatic rings. The van der Waals surface area contributed by atoms with E-state index in [4.69, 9.17) is 42.9 Å². The van der Waals surface area contributed by atoms with Gasteiger partial charge in [0, 0.05) is 6.20 Å². The number of anilines is 1. The van der Waals surface area contributed by atoms with Crippen LogP contribution in [0.15, 0.2) is 42.6 Å². The molecule has 202 valence electrons. The first kappa shape index (κ1) is 30.4. The summed E-state index contributed by atoms with van der Waals surface area (Å²) in [5.74, 6) is 1.81. The number of aliphatic hydroxyl groups is 2. The number of hydrogen-bond acceptors (Lipinski definition) is 11. The molecule has 0 aliphatic rings. The molecule has 0 bridgehead atoms. The van der Waals surface area contributed by atoms with E-state index in [1.807, 2.05) is 0 Å². The first-order chi connectivity index (χ1) is 17.3. The number of ether oxygens (including phenoxy) is 2. The van der Waals surface area contributed by atoms with E-state index in [2.05, 4.69) is 16.0 Å². The molecule has 0 saturated carbocycles. The van der Waals surface area contributed by atoms with Gasteiger partial charge in [0.05, 0.1) is 12.2 Å². The Hall–Kier alpha value is -2.82. The Morgan fingerprint density at radius 1 is 1.27 bits per heavy atom. The van der Waals surface area contributed by atoms with Crippen LogP contribution in [-0.4, -0.2) is 56.2 Å². The molecule has 1 heterocycles. The van der Waals surface area contributed by atoms with Crippen molar-refractivity contribution >= 4 is 31.8 Å². The highest BCUT2D eigenvalue weighted by atomic mass is 32.1. The average Bonchev–Trinajstić information content (AvgIpc) is 2.81. The van der Waals surface area contributed by atoms with Gasteiger partial charge in [-0.1, -0.05) is 24.1 Å². The molecule has 5 atom stereocenters. The minimum atomic E-state index is -4.35. The first-order valence-corrected chi connectivity index (χ1v) is 13.1. The predicted molar refractivity (Wildman–Crippen MR) is 138 cm³/mol. The number of para-hydroxylation sites is 1. The third kappa shape index (κ3) is 8.62. The Kier molecular flexibility index (Phi) is 10.8. The highest BCUT2D eigenvalue weighted by molar-refractivity contribution is 7.71. The number of nitrogen functional groups attached to an aromatic ring is 1. The topological polar surface area (TPSA) is 167 Å². The molecule has 37 heavy (non-hydrogen) atoms. The fourth-order valence-corrected chi connectivity index (χ4v) is 4.58. The van der Waals surface area contributed by atoms with Crippen LogP contribution >= 0.6 is 20.0 Å². The highest BCUT2D eigenvalue weighted by Gasteiger charge is 2.42. The lowest BCUT2D eigenvalue weighted by Crippen LogP contribution is -2.48. The van der Waals surface area contributed by atoms with Gasteiger partial charge < -0.3 is 29.9 Å².